The van der Waals surface area contributed by atoms with Gasteiger partial charge in [0.25, 0.3) is 0 Å². The number of rotatable bonds is 4. The zero-order valence-electron chi connectivity index (χ0n) is 12.0. The van der Waals surface area contributed by atoms with Crippen LogP contribution in [0.3, 0.4) is 0 Å². The van der Waals surface area contributed by atoms with Crippen molar-refractivity contribution in [3.63, 3.8) is 0 Å². The Morgan fingerprint density at radius 2 is 2.35 bits per heavy atom. The molecular formula is C16H22N2O2. The molecule has 0 saturated heterocycles. The second-order valence-electron chi connectivity index (χ2n) is 6.05. The molecule has 20 heavy (non-hydrogen) atoms. The molecule has 4 nitrogen and oxygen atoms in total. The number of fused-ring (bicyclic) bond motifs is 1. The Morgan fingerprint density at radius 3 is 3.05 bits per heavy atom. The number of hydrogen-bond donors (Lipinski definition) is 1. The minimum absolute atomic E-state index is 0.0886. The summed E-state index contributed by atoms with van der Waals surface area (Å²) in [5.74, 6) is 0.0377. The summed E-state index contributed by atoms with van der Waals surface area (Å²) in [6.07, 6.45) is 8.01. The van der Waals surface area contributed by atoms with Gasteiger partial charge in [0.2, 0.25) is 5.91 Å². The van der Waals surface area contributed by atoms with Gasteiger partial charge in [0.05, 0.1) is 23.8 Å². The fourth-order valence-electron chi connectivity index (χ4n) is 3.40. The van der Waals surface area contributed by atoms with E-state index in [-0.39, 0.29) is 17.4 Å². The number of methoxy groups -OCH3 is 1. The van der Waals surface area contributed by atoms with E-state index in [0.717, 1.165) is 37.8 Å². The Labute approximate surface area is 119 Å². The summed E-state index contributed by atoms with van der Waals surface area (Å²) < 4.78 is 5.28. The maximum absolute atomic E-state index is 12.6. The van der Waals surface area contributed by atoms with E-state index in [4.69, 9.17) is 4.74 Å². The molecule has 4 heteroatoms. The summed E-state index contributed by atoms with van der Waals surface area (Å²) in [5.41, 5.74) is 2.08. The van der Waals surface area contributed by atoms with Crippen molar-refractivity contribution in [1.82, 2.24) is 10.3 Å². The Bertz CT molecular complexity index is 497. The molecule has 0 spiro atoms. The third-order valence-corrected chi connectivity index (χ3v) is 4.63. The maximum atomic E-state index is 12.6. The van der Waals surface area contributed by atoms with E-state index < -0.39 is 0 Å². The van der Waals surface area contributed by atoms with E-state index in [0.29, 0.717) is 6.61 Å². The first-order valence-electron chi connectivity index (χ1n) is 7.49. The Kier molecular flexibility index (Phi) is 3.74. The fraction of sp³-hybridized carbons (Fsp3) is 0.625. The number of ether oxygens (including phenoxy) is 1. The van der Waals surface area contributed by atoms with Crippen LogP contribution in [0.2, 0.25) is 0 Å². The van der Waals surface area contributed by atoms with Gasteiger partial charge in [0, 0.05) is 13.3 Å². The predicted octanol–water partition coefficient (Wildman–Crippen LogP) is 2.19. The van der Waals surface area contributed by atoms with Crippen LogP contribution in [-0.2, 0) is 16.0 Å². The molecule has 1 N–H and O–H groups in total. The van der Waals surface area contributed by atoms with Crippen LogP contribution >= 0.6 is 0 Å². The van der Waals surface area contributed by atoms with Crippen LogP contribution in [0.1, 0.15) is 49.3 Å². The number of aryl methyl sites for hydroxylation is 1. The highest BCUT2D eigenvalue weighted by molar-refractivity contribution is 5.84. The number of pyridine rings is 1. The van der Waals surface area contributed by atoms with Gasteiger partial charge in [0.1, 0.15) is 0 Å². The number of aromatic nitrogens is 1. The first-order valence-corrected chi connectivity index (χ1v) is 7.49. The number of amides is 1. The van der Waals surface area contributed by atoms with Gasteiger partial charge >= 0.3 is 0 Å². The van der Waals surface area contributed by atoms with Crippen molar-refractivity contribution in [2.24, 2.45) is 0 Å². The Hall–Kier alpha value is -1.42. The smallest absolute Gasteiger partial charge is 0.229 e. The van der Waals surface area contributed by atoms with Gasteiger partial charge in [-0.2, -0.15) is 0 Å². The highest BCUT2D eigenvalue weighted by atomic mass is 16.5. The van der Waals surface area contributed by atoms with Crippen molar-refractivity contribution in [2.75, 3.05) is 13.7 Å². The molecule has 0 bridgehead atoms. The van der Waals surface area contributed by atoms with Gasteiger partial charge in [-0.15, -0.1) is 0 Å². The molecule has 108 valence electrons. The molecule has 1 saturated carbocycles. The number of nitrogens with zero attached hydrogens (tertiary/aromatic N) is 1. The number of hydrogen-bond acceptors (Lipinski definition) is 3. The number of carbonyl (C=O) groups is 1. The largest absolute Gasteiger partial charge is 0.382 e. The van der Waals surface area contributed by atoms with Gasteiger partial charge in [-0.3, -0.25) is 9.78 Å². The van der Waals surface area contributed by atoms with E-state index in [1.807, 2.05) is 6.07 Å². The van der Waals surface area contributed by atoms with Crippen LogP contribution in [0.15, 0.2) is 18.3 Å². The van der Waals surface area contributed by atoms with Crippen LogP contribution in [-0.4, -0.2) is 30.1 Å². The molecule has 2 aliphatic rings. The van der Waals surface area contributed by atoms with Gasteiger partial charge in [-0.05, 0) is 50.2 Å². The second-order valence-corrected chi connectivity index (χ2v) is 6.05. The third kappa shape index (κ3) is 2.44. The van der Waals surface area contributed by atoms with Gasteiger partial charge in [-0.1, -0.05) is 6.07 Å². The minimum Gasteiger partial charge on any atom is -0.382 e. The van der Waals surface area contributed by atoms with Crippen LogP contribution in [0, 0.1) is 0 Å². The van der Waals surface area contributed by atoms with E-state index in [9.17, 15) is 4.79 Å². The lowest BCUT2D eigenvalue weighted by Crippen LogP contribution is -2.57. The second kappa shape index (κ2) is 5.52. The summed E-state index contributed by atoms with van der Waals surface area (Å²) in [6.45, 7) is 0.612. The average molecular weight is 274 g/mol. The lowest BCUT2D eigenvalue weighted by Gasteiger charge is -2.43. The van der Waals surface area contributed by atoms with E-state index in [2.05, 4.69) is 16.4 Å². The standard InChI is InChI=1S/C16H22N2O2/c1-20-11-16(8-4-9-16)18-15(19)13-7-2-5-12-6-3-10-17-14(12)13/h3,6,10,13H,2,4-5,7-9,11H2,1H3,(H,18,19). The van der Waals surface area contributed by atoms with Crippen molar-refractivity contribution in [1.29, 1.82) is 0 Å². The van der Waals surface area contributed by atoms with Crippen molar-refractivity contribution < 1.29 is 9.53 Å². The normalized spacial score (nSPS) is 23.6. The first-order chi connectivity index (χ1) is 9.74. The summed E-state index contributed by atoms with van der Waals surface area (Å²) in [4.78, 5) is 17.1. The minimum atomic E-state index is -0.127. The maximum Gasteiger partial charge on any atom is 0.229 e. The number of carbonyl (C=O) groups excluding carboxylic acids is 1. The van der Waals surface area contributed by atoms with E-state index in [1.54, 1.807) is 13.3 Å². The Balaban J connectivity index is 1.75. The molecule has 2 aliphatic carbocycles. The molecule has 1 aromatic rings. The lowest BCUT2D eigenvalue weighted by atomic mass is 9.76. The molecule has 3 rings (SSSR count). The van der Waals surface area contributed by atoms with Crippen LogP contribution in [0.25, 0.3) is 0 Å². The van der Waals surface area contributed by atoms with E-state index >= 15 is 0 Å². The molecule has 1 fully saturated rings. The summed E-state index contributed by atoms with van der Waals surface area (Å²) in [7, 11) is 1.70. The lowest BCUT2D eigenvalue weighted by molar-refractivity contribution is -0.127. The molecule has 1 aromatic heterocycles. The highest BCUT2D eigenvalue weighted by Crippen LogP contribution is 2.35. The summed E-state index contributed by atoms with van der Waals surface area (Å²) in [6, 6.07) is 4.05. The number of nitrogens with one attached hydrogen (secondary N) is 1. The Morgan fingerprint density at radius 1 is 1.50 bits per heavy atom. The fourth-order valence-corrected chi connectivity index (χ4v) is 3.40. The zero-order valence-corrected chi connectivity index (χ0v) is 12.0. The van der Waals surface area contributed by atoms with Gasteiger partial charge in [-0.25, -0.2) is 0 Å². The molecule has 1 atom stereocenters. The monoisotopic (exact) mass is 274 g/mol. The van der Waals surface area contributed by atoms with Crippen LogP contribution in [0.5, 0.6) is 0 Å². The molecule has 0 aliphatic heterocycles. The summed E-state index contributed by atoms with van der Waals surface area (Å²) in [5, 5.41) is 3.24. The van der Waals surface area contributed by atoms with Gasteiger partial charge in [0.15, 0.2) is 0 Å². The molecule has 1 heterocycles. The van der Waals surface area contributed by atoms with E-state index in [1.165, 1.54) is 12.0 Å². The van der Waals surface area contributed by atoms with Crippen molar-refractivity contribution in [2.45, 2.75) is 50.0 Å². The SMILES string of the molecule is COCC1(NC(=O)C2CCCc3cccnc32)CCC1. The van der Waals surface area contributed by atoms with Crippen molar-refractivity contribution >= 4 is 5.91 Å². The van der Waals surface area contributed by atoms with Crippen molar-refractivity contribution in [3.8, 4) is 0 Å². The third-order valence-electron chi connectivity index (χ3n) is 4.63. The van der Waals surface area contributed by atoms with Crippen LogP contribution in [0.4, 0.5) is 0 Å². The average Bonchev–Trinajstić information content (AvgIpc) is 2.44. The topological polar surface area (TPSA) is 51.2 Å². The first kappa shape index (κ1) is 13.6. The van der Waals surface area contributed by atoms with Crippen molar-refractivity contribution in [3.05, 3.63) is 29.6 Å². The van der Waals surface area contributed by atoms with Gasteiger partial charge < -0.3 is 10.1 Å². The summed E-state index contributed by atoms with van der Waals surface area (Å²) >= 11 is 0. The highest BCUT2D eigenvalue weighted by Gasteiger charge is 2.40. The molecule has 0 aromatic carbocycles. The predicted molar refractivity (Wildman–Crippen MR) is 76.5 cm³/mol. The molecule has 1 unspecified atom stereocenters. The molecule has 0 radical (unpaired) electrons. The molecular weight excluding hydrogens is 252 g/mol. The molecule has 1 amide bonds. The van der Waals surface area contributed by atoms with Crippen LogP contribution < -0.4 is 5.32 Å². The quantitative estimate of drug-likeness (QED) is 0.915. The zero-order chi connectivity index (χ0) is 14.0.